The first-order valence-corrected chi connectivity index (χ1v) is 10.0. The van der Waals surface area contributed by atoms with E-state index >= 15 is 0 Å². The number of nitrogens with zero attached hydrogens (tertiary/aromatic N) is 2. The van der Waals surface area contributed by atoms with Crippen LogP contribution in [-0.4, -0.2) is 39.5 Å². The number of sulfonamides is 1. The van der Waals surface area contributed by atoms with Crippen molar-refractivity contribution < 1.29 is 22.4 Å². The van der Waals surface area contributed by atoms with E-state index in [4.69, 9.17) is 16.4 Å². The average molecular weight is 413 g/mol. The first kappa shape index (κ1) is 19.8. The van der Waals surface area contributed by atoms with Crippen molar-refractivity contribution in [1.82, 2.24) is 4.47 Å². The van der Waals surface area contributed by atoms with Gasteiger partial charge in [-0.1, -0.05) is 28.2 Å². The normalized spacial score (nSPS) is 14.3. The van der Waals surface area contributed by atoms with Gasteiger partial charge in [0.1, 0.15) is 10.7 Å². The summed E-state index contributed by atoms with van der Waals surface area (Å²) in [6.07, 6.45) is 1.36. The summed E-state index contributed by atoms with van der Waals surface area (Å²) < 4.78 is 40.0. The Morgan fingerprint density at radius 3 is 2.74 bits per heavy atom. The van der Waals surface area contributed by atoms with Gasteiger partial charge in [0.15, 0.2) is 0 Å². The predicted molar refractivity (Wildman–Crippen MR) is 99.8 cm³/mol. The van der Waals surface area contributed by atoms with Crippen molar-refractivity contribution in [3.63, 3.8) is 0 Å². The minimum Gasteiger partial charge on any atom is -0.305 e. The molecule has 9 heteroatoms. The van der Waals surface area contributed by atoms with E-state index in [-0.39, 0.29) is 21.2 Å². The molecule has 1 amide bonds. The summed E-state index contributed by atoms with van der Waals surface area (Å²) >= 11 is 6.03. The number of carbonyl (C=O) groups is 1. The zero-order valence-electron chi connectivity index (χ0n) is 14.8. The lowest BCUT2D eigenvalue weighted by Gasteiger charge is -2.30. The second-order valence-electron chi connectivity index (χ2n) is 6.05. The van der Waals surface area contributed by atoms with Crippen LogP contribution in [0.2, 0.25) is 5.02 Å². The summed E-state index contributed by atoms with van der Waals surface area (Å²) in [7, 11) is -1.62. The molecule has 6 nitrogen and oxygen atoms in total. The summed E-state index contributed by atoms with van der Waals surface area (Å²) in [6, 6.07) is 8.63. The summed E-state index contributed by atoms with van der Waals surface area (Å²) in [5.41, 5.74) is 1.08. The van der Waals surface area contributed by atoms with Gasteiger partial charge in [0.25, 0.3) is 15.9 Å². The molecule has 1 aliphatic heterocycles. The lowest BCUT2D eigenvalue weighted by molar-refractivity contribution is -0.0258. The number of para-hydroxylation sites is 1. The van der Waals surface area contributed by atoms with Crippen LogP contribution in [0.15, 0.2) is 41.3 Å². The van der Waals surface area contributed by atoms with Crippen LogP contribution < -0.4 is 4.90 Å². The molecular weight excluding hydrogens is 395 g/mol. The topological polar surface area (TPSA) is 66.9 Å². The van der Waals surface area contributed by atoms with Gasteiger partial charge >= 0.3 is 0 Å². The van der Waals surface area contributed by atoms with Gasteiger partial charge in [-0.25, -0.2) is 12.8 Å². The molecule has 0 spiro atoms. The first-order chi connectivity index (χ1) is 12.8. The molecule has 0 radical (unpaired) electrons. The molecule has 144 valence electrons. The Morgan fingerprint density at radius 2 is 2.04 bits per heavy atom. The lowest BCUT2D eigenvalue weighted by atomic mass is 10.0. The fraction of sp³-hybridized carbons (Fsp3) is 0.278. The number of rotatable bonds is 4. The van der Waals surface area contributed by atoms with Gasteiger partial charge in [-0.05, 0) is 42.7 Å². The zero-order chi connectivity index (χ0) is 19.8. The molecule has 0 aromatic heterocycles. The number of benzene rings is 2. The van der Waals surface area contributed by atoms with E-state index in [1.807, 2.05) is 0 Å². The molecular formula is C18H18ClFN2O4S. The van der Waals surface area contributed by atoms with Crippen LogP contribution >= 0.6 is 11.6 Å². The van der Waals surface area contributed by atoms with E-state index in [1.165, 1.54) is 43.3 Å². The van der Waals surface area contributed by atoms with Crippen LogP contribution in [0.25, 0.3) is 0 Å². The molecule has 1 aliphatic rings. The van der Waals surface area contributed by atoms with Crippen LogP contribution in [0.4, 0.5) is 10.1 Å². The van der Waals surface area contributed by atoms with Gasteiger partial charge in [0, 0.05) is 19.2 Å². The third-order valence-corrected chi connectivity index (χ3v) is 6.63. The highest BCUT2D eigenvalue weighted by atomic mass is 35.5. The Hall–Kier alpha value is -2.00. The van der Waals surface area contributed by atoms with Crippen molar-refractivity contribution >= 4 is 33.2 Å². The third kappa shape index (κ3) is 3.58. The van der Waals surface area contributed by atoms with Crippen molar-refractivity contribution in [2.75, 3.05) is 25.6 Å². The largest absolute Gasteiger partial charge is 0.305 e. The van der Waals surface area contributed by atoms with Crippen LogP contribution in [0, 0.1) is 5.82 Å². The monoisotopic (exact) mass is 412 g/mol. The van der Waals surface area contributed by atoms with Crippen molar-refractivity contribution in [3.05, 3.63) is 58.4 Å². The standard InChI is InChI=1S/C18H18ClFN2O4S/c1-21(26-2)27(24,25)16-11-13(8-9-14(16)19)18(23)22-10-4-6-12-5-3-7-15(20)17(12)22/h3,5,7-9,11H,4,6,10H2,1-2H3. The fourth-order valence-electron chi connectivity index (χ4n) is 3.03. The molecule has 1 heterocycles. The molecule has 0 unspecified atom stereocenters. The number of hydroxylamine groups is 1. The van der Waals surface area contributed by atoms with E-state index in [0.29, 0.717) is 23.9 Å². The molecule has 0 aliphatic carbocycles. The minimum atomic E-state index is -4.04. The number of hydrogen-bond acceptors (Lipinski definition) is 4. The number of fused-ring (bicyclic) bond motifs is 1. The number of anilines is 1. The summed E-state index contributed by atoms with van der Waals surface area (Å²) in [5.74, 6) is -0.976. The smallest absolute Gasteiger partial charge is 0.266 e. The second kappa shape index (κ2) is 7.55. The van der Waals surface area contributed by atoms with Crippen LogP contribution in [-0.2, 0) is 21.3 Å². The maximum Gasteiger partial charge on any atom is 0.266 e. The fourth-order valence-corrected chi connectivity index (χ4v) is 4.51. The van der Waals surface area contributed by atoms with Crippen molar-refractivity contribution in [1.29, 1.82) is 0 Å². The molecule has 0 fully saturated rings. The van der Waals surface area contributed by atoms with Gasteiger partial charge in [-0.15, -0.1) is 0 Å². The molecule has 27 heavy (non-hydrogen) atoms. The highest BCUT2D eigenvalue weighted by Crippen LogP contribution is 2.32. The second-order valence-corrected chi connectivity index (χ2v) is 8.36. The van der Waals surface area contributed by atoms with E-state index in [2.05, 4.69) is 0 Å². The van der Waals surface area contributed by atoms with Crippen molar-refractivity contribution in [2.45, 2.75) is 17.7 Å². The maximum absolute atomic E-state index is 14.3. The quantitative estimate of drug-likeness (QED) is 0.723. The van der Waals surface area contributed by atoms with Gasteiger partial charge in [-0.2, -0.15) is 0 Å². The summed E-state index contributed by atoms with van der Waals surface area (Å²) in [6.45, 7) is 0.343. The molecule has 0 N–H and O–H groups in total. The molecule has 0 saturated carbocycles. The van der Waals surface area contributed by atoms with E-state index in [9.17, 15) is 17.6 Å². The Morgan fingerprint density at radius 1 is 1.30 bits per heavy atom. The molecule has 0 saturated heterocycles. The molecule has 0 atom stereocenters. The number of hydrogen-bond donors (Lipinski definition) is 0. The number of amides is 1. The highest BCUT2D eigenvalue weighted by molar-refractivity contribution is 7.89. The van der Waals surface area contributed by atoms with Crippen LogP contribution in [0.3, 0.4) is 0 Å². The Bertz CT molecular complexity index is 997. The number of aryl methyl sites for hydroxylation is 1. The summed E-state index contributed by atoms with van der Waals surface area (Å²) in [5, 5.41) is -0.0410. The highest BCUT2D eigenvalue weighted by Gasteiger charge is 2.29. The SMILES string of the molecule is CON(C)S(=O)(=O)c1cc(C(=O)N2CCCc3cccc(F)c32)ccc1Cl. The average Bonchev–Trinajstić information content (AvgIpc) is 2.66. The number of carbonyl (C=O) groups excluding carboxylic acids is 1. The van der Waals surface area contributed by atoms with Crippen LogP contribution in [0.1, 0.15) is 22.3 Å². The molecule has 2 aromatic carbocycles. The lowest BCUT2D eigenvalue weighted by Crippen LogP contribution is -2.36. The van der Waals surface area contributed by atoms with E-state index in [0.717, 1.165) is 5.56 Å². The predicted octanol–water partition coefficient (Wildman–Crippen LogP) is 3.25. The van der Waals surface area contributed by atoms with Gasteiger partial charge in [0.05, 0.1) is 17.8 Å². The number of halogens is 2. The van der Waals surface area contributed by atoms with Crippen molar-refractivity contribution in [3.8, 4) is 0 Å². The van der Waals surface area contributed by atoms with Crippen molar-refractivity contribution in [2.24, 2.45) is 0 Å². The first-order valence-electron chi connectivity index (χ1n) is 8.19. The summed E-state index contributed by atoms with van der Waals surface area (Å²) in [4.78, 5) is 18.8. The Kier molecular flexibility index (Phi) is 5.53. The third-order valence-electron chi connectivity index (χ3n) is 4.46. The Balaban J connectivity index is 2.05. The van der Waals surface area contributed by atoms with Gasteiger partial charge < -0.3 is 4.90 Å². The maximum atomic E-state index is 14.3. The molecule has 3 rings (SSSR count). The van der Waals surface area contributed by atoms with Crippen LogP contribution in [0.5, 0.6) is 0 Å². The van der Waals surface area contributed by atoms with E-state index in [1.54, 1.807) is 12.1 Å². The van der Waals surface area contributed by atoms with Gasteiger partial charge in [-0.3, -0.25) is 9.63 Å². The molecule has 0 bridgehead atoms. The molecule has 2 aromatic rings. The van der Waals surface area contributed by atoms with E-state index < -0.39 is 21.7 Å². The zero-order valence-corrected chi connectivity index (χ0v) is 16.3. The Labute approximate surface area is 162 Å². The van der Waals surface area contributed by atoms with Gasteiger partial charge in [0.2, 0.25) is 0 Å². The minimum absolute atomic E-state index is 0.0410.